The van der Waals surface area contributed by atoms with E-state index in [2.05, 4.69) is 10.6 Å². The maximum atomic E-state index is 11.7. The molecule has 1 saturated carbocycles. The van der Waals surface area contributed by atoms with E-state index in [0.717, 1.165) is 12.8 Å². The molecule has 3 aliphatic rings. The van der Waals surface area contributed by atoms with Crippen LogP contribution in [0.15, 0.2) is 0 Å². The first-order valence-electron chi connectivity index (χ1n) is 12.7. The predicted molar refractivity (Wildman–Crippen MR) is 124 cm³/mol. The van der Waals surface area contributed by atoms with Gasteiger partial charge in [-0.15, -0.1) is 0 Å². The van der Waals surface area contributed by atoms with Crippen molar-refractivity contribution in [2.45, 2.75) is 119 Å². The van der Waals surface area contributed by atoms with E-state index in [4.69, 9.17) is 18.9 Å². The second-order valence-corrected chi connectivity index (χ2v) is 9.90. The molecule has 214 valence electrons. The Morgan fingerprint density at radius 3 is 1.43 bits per heavy atom. The van der Waals surface area contributed by atoms with Gasteiger partial charge in [0, 0.05) is 20.3 Å². The monoisotopic (exact) mass is 536 g/mol. The number of nitrogens with one attached hydrogen (secondary N) is 2. The Morgan fingerprint density at radius 2 is 1.11 bits per heavy atom. The molecule has 0 aromatic heterocycles. The van der Waals surface area contributed by atoms with E-state index < -0.39 is 98.5 Å². The van der Waals surface area contributed by atoms with Crippen molar-refractivity contribution in [3.05, 3.63) is 0 Å². The minimum atomic E-state index is -1.44. The van der Waals surface area contributed by atoms with Crippen LogP contribution in [0.3, 0.4) is 0 Å². The molecule has 0 radical (unpaired) electrons. The molecule has 37 heavy (non-hydrogen) atoms. The molecule has 1 aliphatic carbocycles. The van der Waals surface area contributed by atoms with Gasteiger partial charge in [-0.3, -0.25) is 9.59 Å². The lowest BCUT2D eigenvalue weighted by Gasteiger charge is -2.44. The summed E-state index contributed by atoms with van der Waals surface area (Å²) in [6.45, 7) is 1.38. The third-order valence-corrected chi connectivity index (χ3v) is 6.98. The van der Waals surface area contributed by atoms with Crippen molar-refractivity contribution < 1.29 is 59.2 Å². The van der Waals surface area contributed by atoms with E-state index in [-0.39, 0.29) is 0 Å². The molecule has 2 amide bonds. The summed E-state index contributed by atoms with van der Waals surface area (Å²) in [5.74, 6) is -0.925. The molecule has 12 unspecified atom stereocenters. The first-order chi connectivity index (χ1) is 17.5. The van der Waals surface area contributed by atoms with E-state index in [9.17, 15) is 40.2 Å². The average molecular weight is 537 g/mol. The van der Waals surface area contributed by atoms with Crippen LogP contribution in [0.2, 0.25) is 0 Å². The first-order valence-corrected chi connectivity index (χ1v) is 12.7. The van der Waals surface area contributed by atoms with Gasteiger partial charge in [0.05, 0.1) is 25.4 Å². The maximum Gasteiger partial charge on any atom is 0.217 e. The number of carbonyl (C=O) groups is 2. The van der Waals surface area contributed by atoms with Crippen LogP contribution in [0, 0.1) is 0 Å². The molecule has 3 fully saturated rings. The van der Waals surface area contributed by atoms with Gasteiger partial charge in [0.15, 0.2) is 12.6 Å². The van der Waals surface area contributed by atoms with Crippen LogP contribution in [0.4, 0.5) is 0 Å². The van der Waals surface area contributed by atoms with E-state index in [1.165, 1.54) is 13.8 Å². The second-order valence-electron chi connectivity index (χ2n) is 9.90. The standard InChI is InChI=1S/C23H40N2O12/c1-10(28)24-16-20(32)18(30)14(8-26)36-22(16)34-12-5-3-4-6-13(7-12)35-23-17(25-11(2)29)21(33)19(31)15(9-27)37-23/h12-23,26-27,30-33H,3-9H2,1-2H3,(H,24,28)(H,25,29). The Balaban J connectivity index is 1.72. The third-order valence-electron chi connectivity index (χ3n) is 6.98. The Kier molecular flexibility index (Phi) is 11.0. The molecule has 12 atom stereocenters. The summed E-state index contributed by atoms with van der Waals surface area (Å²) in [6.07, 6.45) is -8.17. The predicted octanol–water partition coefficient (Wildman–Crippen LogP) is -3.39. The van der Waals surface area contributed by atoms with Crippen LogP contribution in [-0.2, 0) is 28.5 Å². The van der Waals surface area contributed by atoms with Crippen molar-refractivity contribution in [1.82, 2.24) is 10.6 Å². The van der Waals surface area contributed by atoms with Crippen LogP contribution in [-0.4, -0.2) is 129 Å². The first kappa shape index (κ1) is 30.1. The molecule has 2 aliphatic heterocycles. The largest absolute Gasteiger partial charge is 0.394 e. The number of hydrogen-bond acceptors (Lipinski definition) is 12. The molecule has 3 rings (SSSR count). The van der Waals surface area contributed by atoms with E-state index in [0.29, 0.717) is 19.3 Å². The molecule has 8 N–H and O–H groups in total. The normalized spacial score (nSPS) is 43.0. The molecular formula is C23H40N2O12. The molecule has 2 heterocycles. The Morgan fingerprint density at radius 1 is 0.730 bits per heavy atom. The molecule has 14 nitrogen and oxygen atoms in total. The van der Waals surface area contributed by atoms with Gasteiger partial charge in [0.25, 0.3) is 0 Å². The third kappa shape index (κ3) is 7.56. The fraction of sp³-hybridized carbons (Fsp3) is 0.913. The van der Waals surface area contributed by atoms with Gasteiger partial charge >= 0.3 is 0 Å². The van der Waals surface area contributed by atoms with Crippen molar-refractivity contribution in [2.24, 2.45) is 0 Å². The van der Waals surface area contributed by atoms with Gasteiger partial charge in [-0.25, -0.2) is 0 Å². The summed E-state index contributed by atoms with van der Waals surface area (Å²) in [4.78, 5) is 23.4. The summed E-state index contributed by atoms with van der Waals surface area (Å²) < 4.78 is 23.6. The lowest BCUT2D eigenvalue weighted by atomic mass is 9.96. The number of aliphatic hydroxyl groups is 6. The van der Waals surface area contributed by atoms with Crippen LogP contribution in [0.5, 0.6) is 0 Å². The zero-order valence-electron chi connectivity index (χ0n) is 21.0. The zero-order valence-corrected chi connectivity index (χ0v) is 21.0. The molecule has 0 aromatic rings. The number of aliphatic hydroxyl groups excluding tert-OH is 6. The summed E-state index contributed by atoms with van der Waals surface area (Å²) in [5.41, 5.74) is 0. The summed E-state index contributed by atoms with van der Waals surface area (Å²) >= 11 is 0. The van der Waals surface area contributed by atoms with Crippen molar-refractivity contribution in [2.75, 3.05) is 13.2 Å². The zero-order chi connectivity index (χ0) is 27.3. The van der Waals surface area contributed by atoms with E-state index in [1.54, 1.807) is 0 Å². The highest BCUT2D eigenvalue weighted by Crippen LogP contribution is 2.31. The summed E-state index contributed by atoms with van der Waals surface area (Å²) in [6, 6.07) is -2.16. The average Bonchev–Trinajstić information content (AvgIpc) is 3.07. The van der Waals surface area contributed by atoms with Gasteiger partial charge in [-0.1, -0.05) is 12.8 Å². The van der Waals surface area contributed by atoms with E-state index >= 15 is 0 Å². The van der Waals surface area contributed by atoms with Crippen LogP contribution in [0.1, 0.15) is 46.0 Å². The fourth-order valence-corrected chi connectivity index (χ4v) is 5.07. The van der Waals surface area contributed by atoms with Crippen molar-refractivity contribution >= 4 is 11.8 Å². The lowest BCUT2D eigenvalue weighted by Crippen LogP contribution is -2.65. The number of hydrogen-bond donors (Lipinski definition) is 8. The number of rotatable bonds is 8. The number of amides is 2. The minimum absolute atomic E-state index is 0.324. The highest BCUT2D eigenvalue weighted by molar-refractivity contribution is 5.73. The molecule has 0 spiro atoms. The summed E-state index contributed by atoms with van der Waals surface area (Å²) in [7, 11) is 0. The maximum absolute atomic E-state index is 11.7. The highest BCUT2D eigenvalue weighted by atomic mass is 16.7. The van der Waals surface area contributed by atoms with E-state index in [1.807, 2.05) is 0 Å². The minimum Gasteiger partial charge on any atom is -0.394 e. The second kappa shape index (κ2) is 13.6. The van der Waals surface area contributed by atoms with Gasteiger partial charge in [-0.05, 0) is 12.8 Å². The Hall–Kier alpha value is -1.46. The Labute approximate surface area is 214 Å². The number of carbonyl (C=O) groups excluding carboxylic acids is 2. The van der Waals surface area contributed by atoms with Gasteiger partial charge in [-0.2, -0.15) is 0 Å². The molecule has 0 bridgehead atoms. The smallest absolute Gasteiger partial charge is 0.217 e. The van der Waals surface area contributed by atoms with Crippen molar-refractivity contribution in [3.8, 4) is 0 Å². The van der Waals surface area contributed by atoms with Crippen LogP contribution >= 0.6 is 0 Å². The van der Waals surface area contributed by atoms with Gasteiger partial charge < -0.3 is 60.2 Å². The van der Waals surface area contributed by atoms with Crippen LogP contribution < -0.4 is 10.6 Å². The Bertz CT molecular complexity index is 699. The molecular weight excluding hydrogens is 496 g/mol. The highest BCUT2D eigenvalue weighted by Gasteiger charge is 2.48. The van der Waals surface area contributed by atoms with Crippen molar-refractivity contribution in [1.29, 1.82) is 0 Å². The van der Waals surface area contributed by atoms with Crippen LogP contribution in [0.25, 0.3) is 0 Å². The molecule has 14 heteroatoms. The number of ether oxygens (including phenoxy) is 4. The summed E-state index contributed by atoms with van der Waals surface area (Å²) in [5, 5.41) is 65.7. The molecule has 0 aromatic carbocycles. The quantitative estimate of drug-likeness (QED) is 0.143. The van der Waals surface area contributed by atoms with Crippen molar-refractivity contribution in [3.63, 3.8) is 0 Å². The fourth-order valence-electron chi connectivity index (χ4n) is 5.07. The van der Waals surface area contributed by atoms with Gasteiger partial charge in [0.2, 0.25) is 11.8 Å². The molecule has 2 saturated heterocycles. The topological polar surface area (TPSA) is 216 Å². The SMILES string of the molecule is CC(=O)NC1C(OC2CCCCC(OC3OC(CO)C(O)C(O)C3NC(C)=O)C2)OC(CO)C(O)C1O. The lowest BCUT2D eigenvalue weighted by molar-refractivity contribution is -0.294. The van der Waals surface area contributed by atoms with Gasteiger partial charge in [0.1, 0.15) is 48.7 Å².